The molecule has 274 valence electrons. The number of nitrogens with zero attached hydrogens (tertiary/aromatic N) is 1. The van der Waals surface area contributed by atoms with Gasteiger partial charge in [-0.2, -0.15) is 4.31 Å². The Morgan fingerprint density at radius 1 is 1.08 bits per heavy atom. The minimum absolute atomic E-state index is 0.0224. The van der Waals surface area contributed by atoms with Crippen molar-refractivity contribution in [1.82, 2.24) is 14.9 Å². The van der Waals surface area contributed by atoms with Crippen molar-refractivity contribution in [1.29, 1.82) is 0 Å². The predicted molar refractivity (Wildman–Crippen MR) is 185 cm³/mol. The zero-order valence-corrected chi connectivity index (χ0v) is 30.1. The number of furan rings is 1. The van der Waals surface area contributed by atoms with Crippen molar-refractivity contribution in [3.05, 3.63) is 65.9 Å². The first-order valence-electron chi connectivity index (χ1n) is 17.0. The minimum atomic E-state index is -4.13. The van der Waals surface area contributed by atoms with Crippen molar-refractivity contribution in [3.63, 3.8) is 0 Å². The first-order chi connectivity index (χ1) is 23.7. The van der Waals surface area contributed by atoms with Gasteiger partial charge in [-0.1, -0.05) is 44.2 Å². The molecule has 5 atom stereocenters. The summed E-state index contributed by atoms with van der Waals surface area (Å²) in [5, 5.41) is 18.1. The van der Waals surface area contributed by atoms with Gasteiger partial charge < -0.3 is 39.1 Å². The largest absolute Gasteiger partial charge is 0.464 e. The molecule has 3 heterocycles. The monoisotopic (exact) mass is 715 g/mol. The maximum absolute atomic E-state index is 14.2. The van der Waals surface area contributed by atoms with Crippen LogP contribution < -0.4 is 10.6 Å². The summed E-state index contributed by atoms with van der Waals surface area (Å²) in [5.74, 6) is -0.537. The molecule has 2 aliphatic heterocycles. The predicted octanol–water partition coefficient (Wildman–Crippen LogP) is 3.97. The van der Waals surface area contributed by atoms with Gasteiger partial charge in [0.05, 0.1) is 49.0 Å². The number of benzene rings is 2. The number of nitrogens with one attached hydrogen (secondary N) is 2. The van der Waals surface area contributed by atoms with Gasteiger partial charge in [-0.15, -0.1) is 0 Å². The molecule has 0 aliphatic carbocycles. The Morgan fingerprint density at radius 3 is 2.56 bits per heavy atom. The molecule has 0 spiro atoms. The highest BCUT2D eigenvalue weighted by Crippen LogP contribution is 2.33. The Morgan fingerprint density at radius 2 is 1.84 bits per heavy atom. The van der Waals surface area contributed by atoms with Gasteiger partial charge in [-0.3, -0.25) is 4.79 Å². The molecule has 3 N–H and O–H groups in total. The van der Waals surface area contributed by atoms with Gasteiger partial charge in [0.15, 0.2) is 6.29 Å². The van der Waals surface area contributed by atoms with Crippen molar-refractivity contribution in [2.24, 2.45) is 11.8 Å². The number of aliphatic hydroxyl groups excluding tert-OH is 1. The second-order valence-electron chi connectivity index (χ2n) is 14.3. The fourth-order valence-electron chi connectivity index (χ4n) is 6.22. The third kappa shape index (κ3) is 9.83. The summed E-state index contributed by atoms with van der Waals surface area (Å²) < 4.78 is 57.6. The van der Waals surface area contributed by atoms with Gasteiger partial charge >= 0.3 is 12.1 Å². The lowest BCUT2D eigenvalue weighted by Crippen LogP contribution is -2.51. The molecule has 3 aromatic rings. The van der Waals surface area contributed by atoms with E-state index in [0.29, 0.717) is 23.1 Å². The zero-order valence-electron chi connectivity index (χ0n) is 29.3. The first kappa shape index (κ1) is 37.7. The van der Waals surface area contributed by atoms with Gasteiger partial charge in [-0.05, 0) is 63.3 Å². The van der Waals surface area contributed by atoms with Crippen LogP contribution in [0, 0.1) is 11.8 Å². The van der Waals surface area contributed by atoms with E-state index < -0.39 is 45.9 Å². The van der Waals surface area contributed by atoms with Gasteiger partial charge in [0.2, 0.25) is 10.0 Å². The van der Waals surface area contributed by atoms with Gasteiger partial charge in [-0.25, -0.2) is 13.2 Å². The Labute approximate surface area is 293 Å². The highest BCUT2D eigenvalue weighted by Gasteiger charge is 2.44. The number of ether oxygens (including phenoxy) is 4. The maximum atomic E-state index is 14.2. The van der Waals surface area contributed by atoms with Crippen LogP contribution in [0.1, 0.15) is 52.2 Å². The fraction of sp³-hybridized carbons (Fsp3) is 0.556. The second-order valence-corrected chi connectivity index (χ2v) is 16.2. The number of aliphatic hydroxyl groups is 1. The Kier molecular flexibility index (Phi) is 12.2. The van der Waals surface area contributed by atoms with E-state index in [1.807, 2.05) is 44.2 Å². The normalized spacial score (nSPS) is 20.6. The molecular formula is C36H49N3O10S. The van der Waals surface area contributed by atoms with Gasteiger partial charge in [0.25, 0.3) is 0 Å². The molecule has 13 nitrogen and oxygen atoms in total. The molecule has 1 unspecified atom stereocenters. The average Bonchev–Trinajstić information content (AvgIpc) is 3.77. The molecule has 0 saturated carbocycles. The summed E-state index contributed by atoms with van der Waals surface area (Å²) in [5.41, 5.74) is 1.40. The van der Waals surface area contributed by atoms with Gasteiger partial charge in [0.1, 0.15) is 17.3 Å². The van der Waals surface area contributed by atoms with E-state index in [2.05, 4.69) is 10.6 Å². The molecule has 0 bridgehead atoms. The lowest BCUT2D eigenvalue weighted by Gasteiger charge is -2.31. The van der Waals surface area contributed by atoms with Crippen LogP contribution in [0.5, 0.6) is 0 Å². The smallest absolute Gasteiger partial charge is 0.407 e. The lowest BCUT2D eigenvalue weighted by atomic mass is 10.0. The van der Waals surface area contributed by atoms with Crippen LogP contribution >= 0.6 is 0 Å². The van der Waals surface area contributed by atoms with Crippen LogP contribution in [0.4, 0.5) is 4.79 Å². The van der Waals surface area contributed by atoms with Crippen LogP contribution in [0.2, 0.25) is 0 Å². The molecule has 2 aliphatic rings. The van der Waals surface area contributed by atoms with E-state index in [0.717, 1.165) is 12.0 Å². The molecule has 2 saturated heterocycles. The van der Waals surface area contributed by atoms with Crippen molar-refractivity contribution >= 4 is 33.1 Å². The average molecular weight is 716 g/mol. The Hall–Kier alpha value is -3.53. The summed E-state index contributed by atoms with van der Waals surface area (Å²) in [6.07, 6.45) is -0.398. The SMILES string of the molecule is CC(C)CN(C[C@@H](O)[C@H](Cc1ccccc1)NC(=O)OC1CO[C@H]2OCC[C@@H]12)S(=O)(=O)c1ccc2occ(CNCC(=O)OC(C)(C)C)c2c1. The van der Waals surface area contributed by atoms with Crippen molar-refractivity contribution < 1.29 is 46.5 Å². The topological polar surface area (TPSA) is 166 Å². The van der Waals surface area contributed by atoms with Crippen molar-refractivity contribution in [2.75, 3.05) is 32.8 Å². The fourth-order valence-corrected chi connectivity index (χ4v) is 7.87. The number of carbonyl (C=O) groups is 2. The van der Waals surface area contributed by atoms with E-state index in [1.54, 1.807) is 32.9 Å². The van der Waals surface area contributed by atoms with Gasteiger partial charge in [0, 0.05) is 30.6 Å². The van der Waals surface area contributed by atoms with Crippen molar-refractivity contribution in [2.45, 2.75) is 89.0 Å². The Bertz CT molecular complexity index is 1710. The van der Waals surface area contributed by atoms with Crippen molar-refractivity contribution in [3.8, 4) is 0 Å². The standard InChI is InChI=1S/C36H49N3O10S/c1-23(2)19-39(50(43,44)26-11-12-31-28(16-26)25(21-46-31)17-37-18-33(41)49-36(3,4)5)20-30(40)29(15-24-9-7-6-8-10-24)38-35(42)48-32-22-47-34-27(32)13-14-45-34/h6-12,16,21,23,27,29-30,32,34,37,40H,13-15,17-20,22H2,1-5H3,(H,38,42)/t27-,29-,30+,32?,34+/m0/s1. The summed E-state index contributed by atoms with van der Waals surface area (Å²) in [6, 6.07) is 13.1. The summed E-state index contributed by atoms with van der Waals surface area (Å²) >= 11 is 0. The minimum Gasteiger partial charge on any atom is -0.464 e. The van der Waals surface area contributed by atoms with E-state index >= 15 is 0 Å². The summed E-state index contributed by atoms with van der Waals surface area (Å²) in [7, 11) is -4.13. The number of esters is 1. The number of sulfonamides is 1. The van der Waals surface area contributed by atoms with E-state index in [1.165, 1.54) is 16.6 Å². The van der Waals surface area contributed by atoms with Crippen LogP contribution in [0.3, 0.4) is 0 Å². The number of hydrogen-bond donors (Lipinski definition) is 3. The maximum Gasteiger partial charge on any atom is 0.407 e. The van der Waals surface area contributed by atoms with Crippen LogP contribution in [-0.4, -0.2) is 92.9 Å². The molecule has 50 heavy (non-hydrogen) atoms. The molecule has 14 heteroatoms. The molecule has 2 aromatic carbocycles. The number of rotatable bonds is 15. The highest BCUT2D eigenvalue weighted by atomic mass is 32.2. The molecule has 1 amide bonds. The van der Waals surface area contributed by atoms with Crippen LogP contribution in [0.15, 0.2) is 64.1 Å². The number of fused-ring (bicyclic) bond motifs is 2. The Balaban J connectivity index is 1.32. The number of hydrogen-bond acceptors (Lipinski definition) is 11. The first-order valence-corrected chi connectivity index (χ1v) is 18.5. The molecule has 2 fully saturated rings. The van der Waals surface area contributed by atoms with E-state index in [4.69, 9.17) is 23.4 Å². The third-order valence-electron chi connectivity index (χ3n) is 8.54. The van der Waals surface area contributed by atoms with E-state index in [-0.39, 0.29) is 62.2 Å². The quantitative estimate of drug-likeness (QED) is 0.195. The van der Waals surface area contributed by atoms with Crippen LogP contribution in [-0.2, 0) is 46.7 Å². The van der Waals surface area contributed by atoms with Crippen LogP contribution in [0.25, 0.3) is 11.0 Å². The second kappa shape index (κ2) is 16.2. The third-order valence-corrected chi connectivity index (χ3v) is 10.4. The zero-order chi connectivity index (χ0) is 36.1. The lowest BCUT2D eigenvalue weighted by molar-refractivity contribution is -0.153. The number of amides is 1. The summed E-state index contributed by atoms with van der Waals surface area (Å²) in [4.78, 5) is 25.3. The molecule has 1 aromatic heterocycles. The molecular weight excluding hydrogens is 666 g/mol. The summed E-state index contributed by atoms with van der Waals surface area (Å²) in [6.45, 7) is 9.97. The highest BCUT2D eigenvalue weighted by molar-refractivity contribution is 7.89. The molecule has 5 rings (SSSR count). The number of alkyl carbamates (subject to hydrolysis) is 1. The number of carbonyl (C=O) groups excluding carboxylic acids is 2. The van der Waals surface area contributed by atoms with E-state index in [9.17, 15) is 23.1 Å². The molecule has 0 radical (unpaired) electrons.